The first-order chi connectivity index (χ1) is 12.3. The maximum absolute atomic E-state index is 5.44. The molecule has 132 valence electrons. The average Bonchev–Trinajstić information content (AvgIpc) is 3.27. The van der Waals surface area contributed by atoms with Crippen LogP contribution in [-0.2, 0) is 0 Å². The second kappa shape index (κ2) is 6.96. The third kappa shape index (κ3) is 3.18. The zero-order valence-electron chi connectivity index (χ0n) is 14.6. The number of methoxy groups -OCH3 is 2. The van der Waals surface area contributed by atoms with Gasteiger partial charge in [0, 0.05) is 34.6 Å². The zero-order chi connectivity index (χ0) is 17.2. The van der Waals surface area contributed by atoms with E-state index in [4.69, 9.17) is 14.5 Å². The second-order valence-corrected chi connectivity index (χ2v) is 7.33. The molecule has 1 aromatic carbocycles. The molecule has 5 nitrogen and oxygen atoms in total. The highest BCUT2D eigenvalue weighted by Crippen LogP contribution is 2.38. The molecule has 0 amide bonds. The minimum atomic E-state index is 0.570. The Morgan fingerprint density at radius 2 is 1.88 bits per heavy atom. The number of rotatable bonds is 5. The summed E-state index contributed by atoms with van der Waals surface area (Å²) in [4.78, 5) is 8.12. The fraction of sp³-hybridized carbons (Fsp3) is 0.421. The third-order valence-electron chi connectivity index (χ3n) is 4.90. The SMILES string of the molecule is COc1cc2[nH]cc(-c3csc(NC4CCCCC4)n3)c2cc1OC. The Morgan fingerprint density at radius 3 is 2.64 bits per heavy atom. The van der Waals surface area contributed by atoms with Crippen molar-refractivity contribution in [3.8, 4) is 22.8 Å². The molecule has 0 radical (unpaired) electrons. The molecule has 3 aromatic rings. The van der Waals surface area contributed by atoms with Crippen molar-refractivity contribution in [3.05, 3.63) is 23.7 Å². The molecule has 0 atom stereocenters. The van der Waals surface area contributed by atoms with Crippen molar-refractivity contribution in [2.45, 2.75) is 38.1 Å². The van der Waals surface area contributed by atoms with E-state index in [9.17, 15) is 0 Å². The lowest BCUT2D eigenvalue weighted by molar-refractivity contribution is 0.356. The van der Waals surface area contributed by atoms with Crippen LogP contribution in [-0.4, -0.2) is 30.2 Å². The van der Waals surface area contributed by atoms with Gasteiger partial charge in [-0.3, -0.25) is 0 Å². The smallest absolute Gasteiger partial charge is 0.183 e. The maximum atomic E-state index is 5.44. The van der Waals surface area contributed by atoms with Gasteiger partial charge < -0.3 is 19.8 Å². The van der Waals surface area contributed by atoms with Crippen molar-refractivity contribution in [1.29, 1.82) is 0 Å². The number of benzene rings is 1. The Balaban J connectivity index is 1.63. The second-order valence-electron chi connectivity index (χ2n) is 6.47. The van der Waals surface area contributed by atoms with Crippen LogP contribution in [0.3, 0.4) is 0 Å². The number of thiazole rings is 1. The first-order valence-corrected chi connectivity index (χ1v) is 9.62. The largest absolute Gasteiger partial charge is 0.493 e. The van der Waals surface area contributed by atoms with Gasteiger partial charge >= 0.3 is 0 Å². The first-order valence-electron chi connectivity index (χ1n) is 8.74. The quantitative estimate of drug-likeness (QED) is 0.670. The van der Waals surface area contributed by atoms with E-state index in [1.807, 2.05) is 18.3 Å². The number of nitrogens with one attached hydrogen (secondary N) is 2. The molecule has 0 spiro atoms. The lowest BCUT2D eigenvalue weighted by Gasteiger charge is -2.22. The van der Waals surface area contributed by atoms with E-state index in [1.54, 1.807) is 25.6 Å². The Morgan fingerprint density at radius 1 is 1.12 bits per heavy atom. The Hall–Kier alpha value is -2.21. The highest BCUT2D eigenvalue weighted by atomic mass is 32.1. The minimum absolute atomic E-state index is 0.570. The summed E-state index contributed by atoms with van der Waals surface area (Å²) in [5.41, 5.74) is 3.09. The van der Waals surface area contributed by atoms with Crippen LogP contribution in [0.1, 0.15) is 32.1 Å². The molecule has 1 fully saturated rings. The number of anilines is 1. The summed E-state index contributed by atoms with van der Waals surface area (Å²) >= 11 is 1.68. The predicted molar refractivity (Wildman–Crippen MR) is 103 cm³/mol. The number of aromatic amines is 1. The van der Waals surface area contributed by atoms with Gasteiger partial charge in [-0.25, -0.2) is 4.98 Å². The van der Waals surface area contributed by atoms with Crippen LogP contribution in [0, 0.1) is 0 Å². The van der Waals surface area contributed by atoms with Crippen LogP contribution in [0.15, 0.2) is 23.7 Å². The summed E-state index contributed by atoms with van der Waals surface area (Å²) in [7, 11) is 3.31. The van der Waals surface area contributed by atoms with Crippen LogP contribution in [0.4, 0.5) is 5.13 Å². The van der Waals surface area contributed by atoms with Gasteiger partial charge in [-0.2, -0.15) is 0 Å². The van der Waals surface area contributed by atoms with Crippen LogP contribution in [0.2, 0.25) is 0 Å². The molecule has 2 N–H and O–H groups in total. The molecule has 2 aromatic heterocycles. The number of fused-ring (bicyclic) bond motifs is 1. The molecule has 1 aliphatic rings. The number of H-pyrrole nitrogens is 1. The summed E-state index contributed by atoms with van der Waals surface area (Å²) in [6.07, 6.45) is 8.50. The molecule has 1 aliphatic carbocycles. The van der Waals surface area contributed by atoms with Crippen LogP contribution >= 0.6 is 11.3 Å². The first kappa shape index (κ1) is 16.3. The standard InChI is InChI=1S/C19H23N3O2S/c1-23-17-8-13-14(10-20-15(13)9-18(17)24-2)16-11-25-19(22-16)21-12-6-4-3-5-7-12/h8-12,20H,3-7H2,1-2H3,(H,21,22). The van der Waals surface area contributed by atoms with Gasteiger partial charge in [0.05, 0.1) is 25.4 Å². The normalized spacial score (nSPS) is 15.4. The van der Waals surface area contributed by atoms with Crippen molar-refractivity contribution in [1.82, 2.24) is 9.97 Å². The molecule has 1 saturated carbocycles. The van der Waals surface area contributed by atoms with Gasteiger partial charge in [-0.1, -0.05) is 19.3 Å². The van der Waals surface area contributed by atoms with Crippen LogP contribution in [0.5, 0.6) is 11.5 Å². The molecule has 0 bridgehead atoms. The summed E-state index contributed by atoms with van der Waals surface area (Å²) in [6.45, 7) is 0. The lowest BCUT2D eigenvalue weighted by atomic mass is 9.96. The lowest BCUT2D eigenvalue weighted by Crippen LogP contribution is -2.21. The monoisotopic (exact) mass is 357 g/mol. The Bertz CT molecular complexity index is 865. The van der Waals surface area contributed by atoms with Crippen LogP contribution in [0.25, 0.3) is 22.2 Å². The highest BCUT2D eigenvalue weighted by molar-refractivity contribution is 7.14. The van der Waals surface area contributed by atoms with E-state index >= 15 is 0 Å². The van der Waals surface area contributed by atoms with Gasteiger partial charge in [0.2, 0.25) is 0 Å². The number of ether oxygens (including phenoxy) is 2. The number of hydrogen-bond donors (Lipinski definition) is 2. The average molecular weight is 357 g/mol. The molecular weight excluding hydrogens is 334 g/mol. The third-order valence-corrected chi connectivity index (χ3v) is 5.67. The van der Waals surface area contributed by atoms with Crippen molar-refractivity contribution < 1.29 is 9.47 Å². The molecule has 0 aliphatic heterocycles. The van der Waals surface area contributed by atoms with E-state index in [-0.39, 0.29) is 0 Å². The number of nitrogens with zero attached hydrogens (tertiary/aromatic N) is 1. The van der Waals surface area contributed by atoms with E-state index in [1.165, 1.54) is 32.1 Å². The van der Waals surface area contributed by atoms with Crippen LogP contribution < -0.4 is 14.8 Å². The summed E-state index contributed by atoms with van der Waals surface area (Å²) in [5, 5.41) is 7.82. The maximum Gasteiger partial charge on any atom is 0.183 e. The Labute approximate surface area is 151 Å². The molecule has 2 heterocycles. The molecule has 6 heteroatoms. The van der Waals surface area contributed by atoms with Gasteiger partial charge in [0.1, 0.15) is 0 Å². The fourth-order valence-corrected chi connectivity index (χ4v) is 4.33. The predicted octanol–water partition coefficient (Wildman–Crippen LogP) is 5.05. The van der Waals surface area contributed by atoms with E-state index in [0.29, 0.717) is 6.04 Å². The number of hydrogen-bond acceptors (Lipinski definition) is 5. The Kier molecular flexibility index (Phi) is 4.53. The van der Waals surface area contributed by atoms with E-state index < -0.39 is 0 Å². The van der Waals surface area contributed by atoms with E-state index in [0.717, 1.165) is 38.8 Å². The summed E-state index contributed by atoms with van der Waals surface area (Å²) in [5.74, 6) is 1.45. The van der Waals surface area contributed by atoms with Gasteiger partial charge in [0.25, 0.3) is 0 Å². The van der Waals surface area contributed by atoms with Gasteiger partial charge in [-0.05, 0) is 18.9 Å². The molecule has 0 saturated heterocycles. The molecule has 25 heavy (non-hydrogen) atoms. The molecule has 0 unspecified atom stereocenters. The van der Waals surface area contributed by atoms with Gasteiger partial charge in [-0.15, -0.1) is 11.3 Å². The topological polar surface area (TPSA) is 59.2 Å². The van der Waals surface area contributed by atoms with Gasteiger partial charge in [0.15, 0.2) is 16.6 Å². The van der Waals surface area contributed by atoms with Crippen molar-refractivity contribution in [2.24, 2.45) is 0 Å². The zero-order valence-corrected chi connectivity index (χ0v) is 15.4. The summed E-state index contributed by atoms with van der Waals surface area (Å²) in [6, 6.07) is 4.54. The highest BCUT2D eigenvalue weighted by Gasteiger charge is 2.17. The minimum Gasteiger partial charge on any atom is -0.493 e. The number of aromatic nitrogens is 2. The van der Waals surface area contributed by atoms with Crippen molar-refractivity contribution in [3.63, 3.8) is 0 Å². The van der Waals surface area contributed by atoms with Crippen molar-refractivity contribution >= 4 is 27.4 Å². The molecular formula is C19H23N3O2S. The summed E-state index contributed by atoms with van der Waals surface area (Å²) < 4.78 is 10.8. The van der Waals surface area contributed by atoms with E-state index in [2.05, 4.69) is 15.7 Å². The fourth-order valence-electron chi connectivity index (χ4n) is 3.55. The van der Waals surface area contributed by atoms with Crippen molar-refractivity contribution in [2.75, 3.05) is 19.5 Å². The molecule has 4 rings (SSSR count).